The molecule has 0 aliphatic carbocycles. The van der Waals surface area contributed by atoms with E-state index in [9.17, 15) is 0 Å². The van der Waals surface area contributed by atoms with Gasteiger partial charge in [0.1, 0.15) is 5.75 Å². The zero-order valence-electron chi connectivity index (χ0n) is 10.4. The van der Waals surface area contributed by atoms with E-state index in [-0.39, 0.29) is 0 Å². The van der Waals surface area contributed by atoms with Gasteiger partial charge in [0.2, 0.25) is 0 Å². The maximum absolute atomic E-state index is 5.65. The highest BCUT2D eigenvalue weighted by molar-refractivity contribution is 7.15. The van der Waals surface area contributed by atoms with Crippen molar-refractivity contribution in [2.45, 2.75) is 20.4 Å². The summed E-state index contributed by atoms with van der Waals surface area (Å²) in [5.41, 5.74) is 9.30. The number of aryl methyl sites for hydroxylation is 2. The molecule has 0 saturated heterocycles. The Kier molecular flexibility index (Phi) is 3.50. The summed E-state index contributed by atoms with van der Waals surface area (Å²) in [6.45, 7) is 4.80. The largest absolute Gasteiger partial charge is 0.496 e. The summed E-state index contributed by atoms with van der Waals surface area (Å²) >= 11 is 1.73. The summed E-state index contributed by atoms with van der Waals surface area (Å²) in [6, 6.07) is 8.45. The first kappa shape index (κ1) is 12.1. The van der Waals surface area contributed by atoms with E-state index in [0.29, 0.717) is 6.54 Å². The average molecular weight is 247 g/mol. The molecule has 0 aliphatic rings. The van der Waals surface area contributed by atoms with Gasteiger partial charge in [0.05, 0.1) is 7.11 Å². The SMILES string of the molecule is COc1cc(C)cc(C)c1-c1ccc(CN)s1. The number of benzene rings is 1. The molecule has 2 aromatic rings. The Morgan fingerprint density at radius 2 is 2.00 bits per heavy atom. The van der Waals surface area contributed by atoms with Gasteiger partial charge in [0.25, 0.3) is 0 Å². The van der Waals surface area contributed by atoms with Gasteiger partial charge in [0, 0.05) is 21.9 Å². The van der Waals surface area contributed by atoms with Crippen LogP contribution in [0.2, 0.25) is 0 Å². The van der Waals surface area contributed by atoms with Gasteiger partial charge in [-0.15, -0.1) is 11.3 Å². The number of ether oxygens (including phenoxy) is 1. The van der Waals surface area contributed by atoms with Crippen LogP contribution in [0.1, 0.15) is 16.0 Å². The molecule has 1 aromatic heterocycles. The molecular formula is C14H17NOS. The molecule has 1 aromatic carbocycles. The van der Waals surface area contributed by atoms with Crippen LogP contribution < -0.4 is 10.5 Å². The van der Waals surface area contributed by atoms with E-state index in [4.69, 9.17) is 10.5 Å². The van der Waals surface area contributed by atoms with Gasteiger partial charge in [-0.3, -0.25) is 0 Å². The van der Waals surface area contributed by atoms with E-state index in [1.807, 2.05) is 0 Å². The van der Waals surface area contributed by atoms with Crippen LogP contribution in [0, 0.1) is 13.8 Å². The molecule has 2 N–H and O–H groups in total. The van der Waals surface area contributed by atoms with Gasteiger partial charge in [-0.1, -0.05) is 6.07 Å². The van der Waals surface area contributed by atoms with Crippen molar-refractivity contribution >= 4 is 11.3 Å². The number of hydrogen-bond acceptors (Lipinski definition) is 3. The maximum Gasteiger partial charge on any atom is 0.128 e. The van der Waals surface area contributed by atoms with Crippen LogP contribution in [0.5, 0.6) is 5.75 Å². The molecule has 0 spiro atoms. The molecule has 3 heteroatoms. The Morgan fingerprint density at radius 3 is 2.59 bits per heavy atom. The molecule has 0 unspecified atom stereocenters. The predicted octanol–water partition coefficient (Wildman–Crippen LogP) is 3.50. The molecule has 90 valence electrons. The first-order valence-corrected chi connectivity index (χ1v) is 6.41. The standard InChI is InChI=1S/C14H17NOS/c1-9-6-10(2)14(12(7-9)16-3)13-5-4-11(8-15)17-13/h4-7H,8,15H2,1-3H3. The van der Waals surface area contributed by atoms with Crippen molar-refractivity contribution < 1.29 is 4.74 Å². The molecule has 0 bridgehead atoms. The predicted molar refractivity (Wildman–Crippen MR) is 73.7 cm³/mol. The van der Waals surface area contributed by atoms with Crippen LogP contribution in [-0.4, -0.2) is 7.11 Å². The lowest BCUT2D eigenvalue weighted by Gasteiger charge is -2.11. The van der Waals surface area contributed by atoms with Gasteiger partial charge in [0.15, 0.2) is 0 Å². The van der Waals surface area contributed by atoms with Crippen LogP contribution in [0.25, 0.3) is 10.4 Å². The molecule has 0 radical (unpaired) electrons. The fourth-order valence-corrected chi connectivity index (χ4v) is 3.03. The summed E-state index contributed by atoms with van der Waals surface area (Å²) in [4.78, 5) is 2.42. The topological polar surface area (TPSA) is 35.2 Å². The van der Waals surface area contributed by atoms with Gasteiger partial charge in [-0.25, -0.2) is 0 Å². The van der Waals surface area contributed by atoms with E-state index in [0.717, 1.165) is 5.75 Å². The van der Waals surface area contributed by atoms with Crippen molar-refractivity contribution in [3.8, 4) is 16.2 Å². The quantitative estimate of drug-likeness (QED) is 0.901. The summed E-state index contributed by atoms with van der Waals surface area (Å²) in [6.07, 6.45) is 0. The molecule has 0 atom stereocenters. The van der Waals surface area contributed by atoms with Gasteiger partial charge in [-0.2, -0.15) is 0 Å². The zero-order valence-corrected chi connectivity index (χ0v) is 11.2. The lowest BCUT2D eigenvalue weighted by molar-refractivity contribution is 0.416. The van der Waals surface area contributed by atoms with E-state index >= 15 is 0 Å². The van der Waals surface area contributed by atoms with Crippen molar-refractivity contribution in [1.82, 2.24) is 0 Å². The highest BCUT2D eigenvalue weighted by Gasteiger charge is 2.12. The minimum absolute atomic E-state index is 0.595. The maximum atomic E-state index is 5.65. The van der Waals surface area contributed by atoms with Crippen molar-refractivity contribution in [3.63, 3.8) is 0 Å². The van der Waals surface area contributed by atoms with E-state index in [2.05, 4.69) is 38.1 Å². The summed E-state index contributed by atoms with van der Waals surface area (Å²) in [5.74, 6) is 0.938. The number of hydrogen-bond donors (Lipinski definition) is 1. The fourth-order valence-electron chi connectivity index (χ4n) is 2.03. The Labute approximate surface area is 106 Å². The van der Waals surface area contributed by atoms with Crippen molar-refractivity contribution in [1.29, 1.82) is 0 Å². The minimum Gasteiger partial charge on any atom is -0.496 e. The number of thiophene rings is 1. The van der Waals surface area contributed by atoms with Crippen molar-refractivity contribution in [2.24, 2.45) is 5.73 Å². The molecule has 1 heterocycles. The Hall–Kier alpha value is -1.32. The fraction of sp³-hybridized carbons (Fsp3) is 0.286. The van der Waals surface area contributed by atoms with Gasteiger partial charge < -0.3 is 10.5 Å². The molecule has 17 heavy (non-hydrogen) atoms. The molecule has 2 nitrogen and oxygen atoms in total. The summed E-state index contributed by atoms with van der Waals surface area (Å²) < 4.78 is 5.48. The summed E-state index contributed by atoms with van der Waals surface area (Å²) in [7, 11) is 1.72. The van der Waals surface area contributed by atoms with Crippen molar-refractivity contribution in [2.75, 3.05) is 7.11 Å². The van der Waals surface area contributed by atoms with Crippen LogP contribution in [0.4, 0.5) is 0 Å². The number of nitrogens with two attached hydrogens (primary N) is 1. The molecule has 0 amide bonds. The lowest BCUT2D eigenvalue weighted by atomic mass is 10.0. The van der Waals surface area contributed by atoms with Gasteiger partial charge >= 0.3 is 0 Å². The smallest absolute Gasteiger partial charge is 0.128 e. The molecular weight excluding hydrogens is 230 g/mol. The third-order valence-electron chi connectivity index (χ3n) is 2.77. The Balaban J connectivity index is 2.57. The average Bonchev–Trinajstić information content (AvgIpc) is 2.76. The molecule has 0 fully saturated rings. The van der Waals surface area contributed by atoms with Crippen molar-refractivity contribution in [3.05, 3.63) is 40.3 Å². The third kappa shape index (κ3) is 2.35. The first-order chi connectivity index (χ1) is 8.15. The van der Waals surface area contributed by atoms with Crippen LogP contribution >= 0.6 is 11.3 Å². The monoisotopic (exact) mass is 247 g/mol. The van der Waals surface area contributed by atoms with E-state index in [1.54, 1.807) is 18.4 Å². The number of methoxy groups -OCH3 is 1. The van der Waals surface area contributed by atoms with Gasteiger partial charge in [-0.05, 0) is 43.2 Å². The Morgan fingerprint density at radius 1 is 1.24 bits per heavy atom. The second-order valence-corrected chi connectivity index (χ2v) is 5.30. The normalized spacial score (nSPS) is 10.6. The molecule has 0 saturated carbocycles. The lowest BCUT2D eigenvalue weighted by Crippen LogP contribution is -1.92. The van der Waals surface area contributed by atoms with Crippen LogP contribution in [0.3, 0.4) is 0 Å². The third-order valence-corrected chi connectivity index (χ3v) is 3.90. The second-order valence-electron chi connectivity index (χ2n) is 4.13. The molecule has 0 aliphatic heterocycles. The van der Waals surface area contributed by atoms with Crippen LogP contribution in [0.15, 0.2) is 24.3 Å². The number of rotatable bonds is 3. The van der Waals surface area contributed by atoms with E-state index in [1.165, 1.54) is 26.4 Å². The minimum atomic E-state index is 0.595. The highest BCUT2D eigenvalue weighted by atomic mass is 32.1. The zero-order chi connectivity index (χ0) is 12.4. The van der Waals surface area contributed by atoms with Crippen LogP contribution in [-0.2, 0) is 6.54 Å². The summed E-state index contributed by atoms with van der Waals surface area (Å²) in [5, 5.41) is 0. The Bertz CT molecular complexity index is 531. The second kappa shape index (κ2) is 4.90. The van der Waals surface area contributed by atoms with E-state index < -0.39 is 0 Å². The molecule has 2 rings (SSSR count). The first-order valence-electron chi connectivity index (χ1n) is 5.60. The highest BCUT2D eigenvalue weighted by Crippen LogP contribution is 2.38.